The number of carbonyl (C=O) groups is 1. The predicted molar refractivity (Wildman–Crippen MR) is 99.5 cm³/mol. The highest BCUT2D eigenvalue weighted by molar-refractivity contribution is 14.1. The molecule has 0 atom stereocenters. The Labute approximate surface area is 153 Å². The molecule has 0 saturated carbocycles. The number of carbonyl (C=O) groups excluding carboxylic acids is 1. The molecular weight excluding hydrogens is 427 g/mol. The van der Waals surface area contributed by atoms with E-state index >= 15 is 0 Å². The summed E-state index contributed by atoms with van der Waals surface area (Å²) < 4.78 is 6.88. The van der Waals surface area contributed by atoms with Crippen LogP contribution in [0.4, 0.5) is 11.4 Å². The van der Waals surface area contributed by atoms with E-state index < -0.39 is 5.60 Å². The summed E-state index contributed by atoms with van der Waals surface area (Å²) in [5.74, 6) is 0.426. The zero-order chi connectivity index (χ0) is 16.6. The van der Waals surface area contributed by atoms with Crippen LogP contribution in [0.15, 0.2) is 36.4 Å². The Kier molecular flexibility index (Phi) is 4.51. The largest absolute Gasteiger partial charge is 0.459 e. The van der Waals surface area contributed by atoms with Gasteiger partial charge >= 0.3 is 0 Å². The van der Waals surface area contributed by atoms with Gasteiger partial charge in [-0.2, -0.15) is 0 Å². The smallest absolute Gasteiger partial charge is 0.275 e. The second kappa shape index (κ2) is 6.28. The number of ether oxygens (including phenoxy) is 1. The van der Waals surface area contributed by atoms with Crippen molar-refractivity contribution in [1.82, 2.24) is 4.98 Å². The zero-order valence-electron chi connectivity index (χ0n) is 12.8. The summed E-state index contributed by atoms with van der Waals surface area (Å²) in [6, 6.07) is 11.0. The van der Waals surface area contributed by atoms with Crippen molar-refractivity contribution in [1.29, 1.82) is 0 Å². The lowest BCUT2D eigenvalue weighted by atomic mass is 9.93. The van der Waals surface area contributed by atoms with E-state index in [2.05, 4.69) is 27.6 Å². The van der Waals surface area contributed by atoms with Crippen LogP contribution in [-0.2, 0) is 4.79 Å². The molecule has 2 heterocycles. The molecule has 1 aromatic carbocycles. The lowest BCUT2D eigenvalue weighted by molar-refractivity contribution is -0.135. The molecule has 0 saturated heterocycles. The number of aromatic nitrogens is 1. The molecule has 0 unspecified atom stereocenters. The highest BCUT2D eigenvalue weighted by Crippen LogP contribution is 2.43. The van der Waals surface area contributed by atoms with Crippen molar-refractivity contribution in [3.05, 3.63) is 45.1 Å². The van der Waals surface area contributed by atoms with Gasteiger partial charge in [-0.05, 0) is 71.8 Å². The number of benzene rings is 1. The normalized spacial score (nSPS) is 16.0. The summed E-state index contributed by atoms with van der Waals surface area (Å²) in [5.41, 5.74) is 0.540. The molecule has 1 aromatic heterocycles. The molecule has 120 valence electrons. The van der Waals surface area contributed by atoms with Crippen LogP contribution < -0.4 is 9.64 Å². The van der Waals surface area contributed by atoms with Crippen LogP contribution >= 0.6 is 34.2 Å². The number of rotatable bonds is 3. The van der Waals surface area contributed by atoms with E-state index in [-0.39, 0.29) is 5.91 Å². The minimum Gasteiger partial charge on any atom is -0.459 e. The van der Waals surface area contributed by atoms with E-state index in [0.29, 0.717) is 29.4 Å². The Morgan fingerprint density at radius 1 is 1.17 bits per heavy atom. The van der Waals surface area contributed by atoms with E-state index in [9.17, 15) is 4.79 Å². The molecule has 3 rings (SSSR count). The van der Waals surface area contributed by atoms with E-state index in [1.165, 1.54) is 0 Å². The van der Waals surface area contributed by atoms with Gasteiger partial charge in [0.25, 0.3) is 5.91 Å². The monoisotopic (exact) mass is 442 g/mol. The Morgan fingerprint density at radius 2 is 1.83 bits per heavy atom. The quantitative estimate of drug-likeness (QED) is 0.499. The van der Waals surface area contributed by atoms with Gasteiger partial charge in [-0.15, -0.1) is 0 Å². The number of fused-ring (bicyclic) bond motifs is 1. The summed E-state index contributed by atoms with van der Waals surface area (Å²) in [5, 5.41) is 0.632. The molecule has 1 amide bonds. The Morgan fingerprint density at radius 3 is 2.43 bits per heavy atom. The Hall–Kier alpha value is -1.34. The molecule has 0 spiro atoms. The molecule has 1 aliphatic heterocycles. The Balaban J connectivity index is 2.19. The lowest BCUT2D eigenvalue weighted by Gasteiger charge is -2.41. The van der Waals surface area contributed by atoms with Crippen LogP contribution in [0.2, 0.25) is 5.02 Å². The molecule has 0 bridgehead atoms. The van der Waals surface area contributed by atoms with Crippen molar-refractivity contribution in [2.75, 3.05) is 4.90 Å². The van der Waals surface area contributed by atoms with Crippen molar-refractivity contribution in [3.8, 4) is 5.88 Å². The Bertz CT molecular complexity index is 745. The van der Waals surface area contributed by atoms with Crippen LogP contribution in [0.25, 0.3) is 0 Å². The summed E-state index contributed by atoms with van der Waals surface area (Å²) in [7, 11) is 0. The fourth-order valence-electron chi connectivity index (χ4n) is 2.74. The van der Waals surface area contributed by atoms with Crippen LogP contribution in [-0.4, -0.2) is 16.5 Å². The summed E-state index contributed by atoms with van der Waals surface area (Å²) in [4.78, 5) is 19.3. The topological polar surface area (TPSA) is 42.4 Å². The first-order valence-corrected chi connectivity index (χ1v) is 8.92. The molecule has 0 aliphatic carbocycles. The van der Waals surface area contributed by atoms with Gasteiger partial charge in [0.2, 0.25) is 5.88 Å². The summed E-state index contributed by atoms with van der Waals surface area (Å²) in [6.45, 7) is 3.92. The minimum atomic E-state index is -0.885. The third-order valence-corrected chi connectivity index (χ3v) is 5.01. The summed E-state index contributed by atoms with van der Waals surface area (Å²) >= 11 is 8.12. The fourth-order valence-corrected chi connectivity index (χ4v) is 3.27. The van der Waals surface area contributed by atoms with Gasteiger partial charge in [0, 0.05) is 10.7 Å². The maximum Gasteiger partial charge on any atom is 0.275 e. The number of hydrogen-bond acceptors (Lipinski definition) is 3. The average Bonchev–Trinajstić information content (AvgIpc) is 2.56. The SMILES string of the molecule is CCC1(CC)Oc2nc(I)ccc2N(c2ccc(Cl)cc2)C1=O. The molecule has 2 aromatic rings. The van der Waals surface area contributed by atoms with Crippen molar-refractivity contribution < 1.29 is 9.53 Å². The van der Waals surface area contributed by atoms with Gasteiger partial charge in [0.05, 0.1) is 0 Å². The predicted octanol–water partition coefficient (Wildman–Crippen LogP) is 4.96. The third kappa shape index (κ3) is 2.80. The van der Waals surface area contributed by atoms with Crippen molar-refractivity contribution in [3.63, 3.8) is 0 Å². The van der Waals surface area contributed by atoms with Crippen molar-refractivity contribution >= 4 is 51.5 Å². The number of pyridine rings is 1. The number of hydrogen-bond donors (Lipinski definition) is 0. The van der Waals surface area contributed by atoms with E-state index in [1.807, 2.05) is 38.1 Å². The molecular formula is C17H16ClIN2O2. The van der Waals surface area contributed by atoms with Crippen LogP contribution in [0.3, 0.4) is 0 Å². The first-order valence-electron chi connectivity index (χ1n) is 7.46. The van der Waals surface area contributed by atoms with Crippen molar-refractivity contribution in [2.45, 2.75) is 32.3 Å². The van der Waals surface area contributed by atoms with E-state index in [1.54, 1.807) is 17.0 Å². The highest BCUT2D eigenvalue weighted by Gasteiger charge is 2.47. The molecule has 4 nitrogen and oxygen atoms in total. The maximum absolute atomic E-state index is 13.2. The van der Waals surface area contributed by atoms with Gasteiger partial charge in [0.1, 0.15) is 9.39 Å². The molecule has 23 heavy (non-hydrogen) atoms. The fraction of sp³-hybridized carbons (Fsp3) is 0.294. The van der Waals surface area contributed by atoms with Gasteiger partial charge < -0.3 is 4.74 Å². The third-order valence-electron chi connectivity index (χ3n) is 4.16. The van der Waals surface area contributed by atoms with Crippen LogP contribution in [0, 0.1) is 3.70 Å². The average molecular weight is 443 g/mol. The number of anilines is 2. The lowest BCUT2D eigenvalue weighted by Crippen LogP contribution is -2.54. The highest BCUT2D eigenvalue weighted by atomic mass is 127. The number of nitrogens with zero attached hydrogens (tertiary/aromatic N) is 2. The van der Waals surface area contributed by atoms with Crippen molar-refractivity contribution in [2.24, 2.45) is 0 Å². The maximum atomic E-state index is 13.2. The minimum absolute atomic E-state index is 0.0691. The number of halogens is 2. The molecule has 6 heteroatoms. The first kappa shape index (κ1) is 16.5. The number of amides is 1. The molecule has 1 aliphatic rings. The van der Waals surface area contributed by atoms with Gasteiger partial charge in [-0.3, -0.25) is 9.69 Å². The summed E-state index contributed by atoms with van der Waals surface area (Å²) in [6.07, 6.45) is 1.16. The van der Waals surface area contributed by atoms with Gasteiger partial charge in [-0.1, -0.05) is 25.4 Å². The van der Waals surface area contributed by atoms with Crippen LogP contribution in [0.1, 0.15) is 26.7 Å². The molecule has 0 fully saturated rings. The second-order valence-corrected chi connectivity index (χ2v) is 6.92. The zero-order valence-corrected chi connectivity index (χ0v) is 15.8. The van der Waals surface area contributed by atoms with Crippen LogP contribution in [0.5, 0.6) is 5.88 Å². The van der Waals surface area contributed by atoms with E-state index in [0.717, 1.165) is 9.39 Å². The standard InChI is InChI=1S/C17H16ClIN2O2/c1-3-17(4-2)16(22)21(12-7-5-11(18)6-8-12)13-9-10-14(19)20-15(13)23-17/h5-10H,3-4H2,1-2H3. The van der Waals surface area contributed by atoms with Gasteiger partial charge in [0.15, 0.2) is 5.60 Å². The molecule has 0 radical (unpaired) electrons. The van der Waals surface area contributed by atoms with Gasteiger partial charge in [-0.25, -0.2) is 4.98 Å². The van der Waals surface area contributed by atoms with E-state index in [4.69, 9.17) is 16.3 Å². The second-order valence-electron chi connectivity index (χ2n) is 5.38. The molecule has 0 N–H and O–H groups in total. The first-order chi connectivity index (χ1) is 11.0.